The zero-order valence-electron chi connectivity index (χ0n) is 16.5. The lowest BCUT2D eigenvalue weighted by Crippen LogP contribution is -2.22. The number of hydrogen-bond donors (Lipinski definition) is 1. The first-order valence-electron chi connectivity index (χ1n) is 9.10. The molecule has 3 aromatic rings. The zero-order valence-corrected chi connectivity index (χ0v) is 17.2. The van der Waals surface area contributed by atoms with Crippen LogP contribution in [-0.4, -0.2) is 29.7 Å². The highest BCUT2D eigenvalue weighted by Gasteiger charge is 2.11. The lowest BCUT2D eigenvalue weighted by molar-refractivity contribution is -0.116. The number of aryl methyl sites for hydroxylation is 2. The van der Waals surface area contributed by atoms with Crippen molar-refractivity contribution in [1.29, 1.82) is 0 Å². The largest absolute Gasteiger partial charge is 0.493 e. The quantitative estimate of drug-likeness (QED) is 0.634. The van der Waals surface area contributed by atoms with Gasteiger partial charge in [-0.05, 0) is 37.1 Å². The molecule has 0 fully saturated rings. The van der Waals surface area contributed by atoms with Gasteiger partial charge in [-0.15, -0.1) is 0 Å². The van der Waals surface area contributed by atoms with Crippen molar-refractivity contribution in [2.75, 3.05) is 19.5 Å². The third-order valence-corrected chi connectivity index (χ3v) is 4.99. The summed E-state index contributed by atoms with van der Waals surface area (Å²) >= 11 is 6.07. The van der Waals surface area contributed by atoms with Crippen molar-refractivity contribution >= 4 is 34.1 Å². The molecule has 0 radical (unpaired) electrons. The molecule has 1 amide bonds. The van der Waals surface area contributed by atoms with Crippen molar-refractivity contribution < 1.29 is 14.3 Å². The fraction of sp³-hybridized carbons (Fsp3) is 0.286. The van der Waals surface area contributed by atoms with Crippen LogP contribution in [0.25, 0.3) is 10.9 Å². The van der Waals surface area contributed by atoms with E-state index in [0.717, 1.165) is 5.56 Å². The van der Waals surface area contributed by atoms with E-state index >= 15 is 0 Å². The molecule has 3 rings (SSSR count). The lowest BCUT2D eigenvalue weighted by Gasteiger charge is -2.11. The Labute approximate surface area is 173 Å². The highest BCUT2D eigenvalue weighted by atomic mass is 35.5. The van der Waals surface area contributed by atoms with Crippen LogP contribution in [0.5, 0.6) is 11.5 Å². The molecule has 0 aliphatic carbocycles. The molecule has 0 atom stereocenters. The lowest BCUT2D eigenvalue weighted by atomic mass is 10.2. The van der Waals surface area contributed by atoms with Crippen LogP contribution in [0.4, 0.5) is 5.69 Å². The minimum atomic E-state index is -0.193. The summed E-state index contributed by atoms with van der Waals surface area (Å²) in [6.07, 6.45) is 2.24. The molecular weight excluding hydrogens is 394 g/mol. The summed E-state index contributed by atoms with van der Waals surface area (Å²) in [6, 6.07) is 8.65. The molecule has 0 saturated carbocycles. The van der Waals surface area contributed by atoms with E-state index in [9.17, 15) is 9.59 Å². The van der Waals surface area contributed by atoms with Crippen LogP contribution in [-0.2, 0) is 11.3 Å². The van der Waals surface area contributed by atoms with E-state index in [4.69, 9.17) is 21.1 Å². The second-order valence-corrected chi connectivity index (χ2v) is 6.99. The van der Waals surface area contributed by atoms with Crippen LogP contribution in [0.2, 0.25) is 5.02 Å². The Morgan fingerprint density at radius 3 is 2.59 bits per heavy atom. The van der Waals surface area contributed by atoms with Crippen LogP contribution in [0.3, 0.4) is 0 Å². The number of aromatic nitrogens is 2. The molecule has 8 heteroatoms. The molecule has 0 aliphatic rings. The van der Waals surface area contributed by atoms with Gasteiger partial charge in [0.25, 0.3) is 5.56 Å². The molecule has 29 heavy (non-hydrogen) atoms. The highest BCUT2D eigenvalue weighted by Crippen LogP contribution is 2.29. The van der Waals surface area contributed by atoms with Gasteiger partial charge in [-0.25, -0.2) is 4.98 Å². The fourth-order valence-corrected chi connectivity index (χ4v) is 3.13. The third-order valence-electron chi connectivity index (χ3n) is 4.59. The number of carbonyl (C=O) groups excluding carboxylic acids is 1. The van der Waals surface area contributed by atoms with Gasteiger partial charge in [-0.3, -0.25) is 14.2 Å². The van der Waals surface area contributed by atoms with Crippen molar-refractivity contribution in [2.24, 2.45) is 0 Å². The number of nitrogens with one attached hydrogen (secondary N) is 1. The number of fused-ring (bicyclic) bond motifs is 1. The number of hydrogen-bond acceptors (Lipinski definition) is 5. The maximum atomic E-state index is 12.7. The Hall–Kier alpha value is -3.06. The van der Waals surface area contributed by atoms with Crippen molar-refractivity contribution in [1.82, 2.24) is 9.55 Å². The molecular formula is C21H22ClN3O4. The molecule has 0 aliphatic heterocycles. The number of carbonyl (C=O) groups is 1. The van der Waals surface area contributed by atoms with Gasteiger partial charge in [0.1, 0.15) is 0 Å². The summed E-state index contributed by atoms with van der Waals surface area (Å²) < 4.78 is 12.0. The number of ether oxygens (including phenoxy) is 2. The predicted octanol–water partition coefficient (Wildman–Crippen LogP) is 3.79. The van der Waals surface area contributed by atoms with Gasteiger partial charge in [-0.1, -0.05) is 17.7 Å². The zero-order chi connectivity index (χ0) is 21.0. The molecule has 2 aromatic carbocycles. The number of nitrogens with zero attached hydrogens (tertiary/aromatic N) is 2. The summed E-state index contributed by atoms with van der Waals surface area (Å²) in [5, 5.41) is 3.85. The SMILES string of the molecule is COc1cc2ncn(CCCC(=O)Nc3ccc(C)c(Cl)c3)c(=O)c2cc1OC. The van der Waals surface area contributed by atoms with E-state index in [2.05, 4.69) is 10.3 Å². The van der Waals surface area contributed by atoms with Crippen LogP contribution in [0.15, 0.2) is 41.5 Å². The number of benzene rings is 2. The monoisotopic (exact) mass is 415 g/mol. The van der Waals surface area contributed by atoms with Crippen LogP contribution >= 0.6 is 11.6 Å². The van der Waals surface area contributed by atoms with Crippen LogP contribution in [0.1, 0.15) is 18.4 Å². The molecule has 7 nitrogen and oxygen atoms in total. The number of rotatable bonds is 7. The summed E-state index contributed by atoms with van der Waals surface area (Å²) in [7, 11) is 3.04. The average Bonchev–Trinajstić information content (AvgIpc) is 2.71. The molecule has 1 N–H and O–H groups in total. The van der Waals surface area contributed by atoms with E-state index in [-0.39, 0.29) is 17.9 Å². The van der Waals surface area contributed by atoms with Gasteiger partial charge in [-0.2, -0.15) is 0 Å². The summed E-state index contributed by atoms with van der Waals surface area (Å²) in [5.74, 6) is 0.837. The Bertz CT molecular complexity index is 1110. The third kappa shape index (κ3) is 4.68. The van der Waals surface area contributed by atoms with E-state index in [0.29, 0.717) is 46.1 Å². The van der Waals surface area contributed by atoms with Gasteiger partial charge < -0.3 is 14.8 Å². The molecule has 0 saturated heterocycles. The first-order chi connectivity index (χ1) is 13.9. The van der Waals surface area contributed by atoms with Crippen LogP contribution in [0, 0.1) is 6.92 Å². The number of methoxy groups -OCH3 is 2. The normalized spacial score (nSPS) is 10.8. The van der Waals surface area contributed by atoms with Gasteiger partial charge in [0, 0.05) is 29.7 Å². The maximum Gasteiger partial charge on any atom is 0.261 e. The average molecular weight is 416 g/mol. The highest BCUT2D eigenvalue weighted by molar-refractivity contribution is 6.31. The van der Waals surface area contributed by atoms with E-state index in [1.54, 1.807) is 24.3 Å². The van der Waals surface area contributed by atoms with Crippen molar-refractivity contribution in [2.45, 2.75) is 26.3 Å². The van der Waals surface area contributed by atoms with E-state index in [1.165, 1.54) is 25.1 Å². The molecule has 0 bridgehead atoms. The maximum absolute atomic E-state index is 12.7. The van der Waals surface area contributed by atoms with E-state index < -0.39 is 0 Å². The molecule has 0 spiro atoms. The minimum Gasteiger partial charge on any atom is -0.493 e. The second-order valence-electron chi connectivity index (χ2n) is 6.58. The van der Waals surface area contributed by atoms with E-state index in [1.807, 2.05) is 13.0 Å². The van der Waals surface area contributed by atoms with Crippen molar-refractivity contribution in [3.63, 3.8) is 0 Å². The summed E-state index contributed by atoms with van der Waals surface area (Å²) in [4.78, 5) is 29.2. The van der Waals surface area contributed by atoms with Crippen molar-refractivity contribution in [3.05, 3.63) is 57.6 Å². The summed E-state index contributed by atoms with van der Waals surface area (Å²) in [5.41, 5.74) is 1.93. The Morgan fingerprint density at radius 1 is 1.17 bits per heavy atom. The van der Waals surface area contributed by atoms with Crippen LogP contribution < -0.4 is 20.3 Å². The molecule has 1 aromatic heterocycles. The fourth-order valence-electron chi connectivity index (χ4n) is 2.95. The molecule has 0 unspecified atom stereocenters. The Morgan fingerprint density at radius 2 is 1.90 bits per heavy atom. The minimum absolute atomic E-state index is 0.141. The first kappa shape index (κ1) is 20.7. The standard InChI is InChI=1S/C21H22ClN3O4/c1-13-6-7-14(9-16(13)22)24-20(26)5-4-8-25-12-23-17-11-19(29-3)18(28-2)10-15(17)21(25)27/h6-7,9-12H,4-5,8H2,1-3H3,(H,24,26). The molecule has 152 valence electrons. The van der Waals surface area contributed by atoms with Gasteiger partial charge in [0.2, 0.25) is 5.91 Å². The second kappa shape index (κ2) is 8.96. The first-order valence-corrected chi connectivity index (χ1v) is 9.48. The summed E-state index contributed by atoms with van der Waals surface area (Å²) in [6.45, 7) is 2.27. The Kier molecular flexibility index (Phi) is 6.39. The Balaban J connectivity index is 1.67. The van der Waals surface area contributed by atoms with Crippen molar-refractivity contribution in [3.8, 4) is 11.5 Å². The number of anilines is 1. The number of amides is 1. The number of halogens is 1. The smallest absolute Gasteiger partial charge is 0.261 e. The van der Waals surface area contributed by atoms with Gasteiger partial charge in [0.05, 0.1) is 31.4 Å². The topological polar surface area (TPSA) is 82.5 Å². The molecule has 1 heterocycles. The van der Waals surface area contributed by atoms with Gasteiger partial charge >= 0.3 is 0 Å². The van der Waals surface area contributed by atoms with Gasteiger partial charge in [0.15, 0.2) is 11.5 Å². The predicted molar refractivity (Wildman–Crippen MR) is 113 cm³/mol.